The molecular formula is C20H22ClN3O4S. The van der Waals surface area contributed by atoms with Crippen LogP contribution in [0.3, 0.4) is 0 Å². The van der Waals surface area contributed by atoms with Crippen molar-refractivity contribution in [2.24, 2.45) is 0 Å². The highest BCUT2D eigenvalue weighted by atomic mass is 35.5. The third-order valence-corrected chi connectivity index (χ3v) is 7.08. The van der Waals surface area contributed by atoms with Gasteiger partial charge >= 0.3 is 0 Å². The van der Waals surface area contributed by atoms with Gasteiger partial charge in [0, 0.05) is 24.2 Å². The second kappa shape index (κ2) is 9.39. The molecule has 2 N–H and O–H groups in total. The van der Waals surface area contributed by atoms with E-state index in [9.17, 15) is 18.0 Å². The Morgan fingerprint density at radius 3 is 2.03 bits per heavy atom. The van der Waals surface area contributed by atoms with E-state index in [1.807, 2.05) is 0 Å². The Labute approximate surface area is 175 Å². The van der Waals surface area contributed by atoms with Crippen molar-refractivity contribution in [2.45, 2.75) is 30.6 Å². The summed E-state index contributed by atoms with van der Waals surface area (Å²) in [6.07, 6.45) is 3.57. The van der Waals surface area contributed by atoms with Crippen LogP contribution in [0, 0.1) is 0 Å². The number of nitrogens with zero attached hydrogens (tertiary/aromatic N) is 1. The molecule has 0 unspecified atom stereocenters. The Hall–Kier alpha value is -2.42. The monoisotopic (exact) mass is 435 g/mol. The van der Waals surface area contributed by atoms with E-state index in [-0.39, 0.29) is 15.5 Å². The fraction of sp³-hybridized carbons (Fsp3) is 0.300. The number of hydrogen-bond donors (Lipinski definition) is 2. The van der Waals surface area contributed by atoms with Crippen LogP contribution < -0.4 is 10.9 Å². The summed E-state index contributed by atoms with van der Waals surface area (Å²) >= 11 is 6.15. The van der Waals surface area contributed by atoms with E-state index in [0.29, 0.717) is 18.7 Å². The van der Waals surface area contributed by atoms with Gasteiger partial charge in [-0.05, 0) is 43.2 Å². The second-order valence-electron chi connectivity index (χ2n) is 6.74. The topological polar surface area (TPSA) is 95.6 Å². The van der Waals surface area contributed by atoms with Gasteiger partial charge in [0.1, 0.15) is 4.90 Å². The molecule has 29 heavy (non-hydrogen) atoms. The molecule has 1 heterocycles. The van der Waals surface area contributed by atoms with Crippen molar-refractivity contribution in [1.29, 1.82) is 0 Å². The number of benzene rings is 2. The van der Waals surface area contributed by atoms with Crippen molar-refractivity contribution in [3.05, 3.63) is 64.7 Å². The molecule has 2 aromatic rings. The number of halogens is 1. The molecular weight excluding hydrogens is 414 g/mol. The second-order valence-corrected chi connectivity index (χ2v) is 9.05. The number of sulfonamides is 1. The lowest BCUT2D eigenvalue weighted by atomic mass is 10.2. The molecule has 0 aromatic heterocycles. The molecule has 7 nitrogen and oxygen atoms in total. The third kappa shape index (κ3) is 5.14. The van der Waals surface area contributed by atoms with Gasteiger partial charge < -0.3 is 0 Å². The van der Waals surface area contributed by atoms with Crippen molar-refractivity contribution in [3.63, 3.8) is 0 Å². The Kier molecular flexibility index (Phi) is 6.89. The van der Waals surface area contributed by atoms with Gasteiger partial charge in [-0.3, -0.25) is 20.4 Å². The van der Waals surface area contributed by atoms with E-state index in [2.05, 4.69) is 10.9 Å². The molecule has 0 aliphatic carbocycles. The van der Waals surface area contributed by atoms with Crippen LogP contribution in [0.15, 0.2) is 53.4 Å². The predicted molar refractivity (Wildman–Crippen MR) is 110 cm³/mol. The van der Waals surface area contributed by atoms with E-state index in [4.69, 9.17) is 11.6 Å². The zero-order chi connectivity index (χ0) is 20.9. The minimum Gasteiger partial charge on any atom is -0.267 e. The quantitative estimate of drug-likeness (QED) is 0.721. The highest BCUT2D eigenvalue weighted by Gasteiger charge is 2.28. The van der Waals surface area contributed by atoms with Gasteiger partial charge in [-0.25, -0.2) is 8.42 Å². The fourth-order valence-corrected chi connectivity index (χ4v) is 5.13. The fourth-order valence-electron chi connectivity index (χ4n) is 3.11. The first kappa shape index (κ1) is 21.3. The summed E-state index contributed by atoms with van der Waals surface area (Å²) in [5, 5.41) is 0.0547. The van der Waals surface area contributed by atoms with Crippen LogP contribution in [0.25, 0.3) is 0 Å². The van der Waals surface area contributed by atoms with Gasteiger partial charge in [-0.1, -0.05) is 42.6 Å². The standard InChI is InChI=1S/C20H22ClN3O4S/c21-17-11-10-16(20(26)23-22-19(25)15-8-4-3-5-9-15)14-18(17)29(27,28)24-12-6-1-2-7-13-24/h3-5,8-11,14H,1-2,6-7,12-13H2,(H,22,25)(H,23,26). The number of amides is 2. The lowest BCUT2D eigenvalue weighted by Crippen LogP contribution is -2.41. The molecule has 0 atom stereocenters. The lowest BCUT2D eigenvalue weighted by molar-refractivity contribution is 0.0846. The summed E-state index contributed by atoms with van der Waals surface area (Å²) in [5.41, 5.74) is 5.07. The Morgan fingerprint density at radius 1 is 0.828 bits per heavy atom. The van der Waals surface area contributed by atoms with Crippen LogP contribution in [0.2, 0.25) is 5.02 Å². The van der Waals surface area contributed by atoms with Gasteiger partial charge in [-0.15, -0.1) is 0 Å². The van der Waals surface area contributed by atoms with E-state index in [0.717, 1.165) is 25.7 Å². The van der Waals surface area contributed by atoms with E-state index >= 15 is 0 Å². The zero-order valence-corrected chi connectivity index (χ0v) is 17.3. The van der Waals surface area contributed by atoms with Crippen LogP contribution in [0.1, 0.15) is 46.4 Å². The summed E-state index contributed by atoms with van der Waals surface area (Å²) in [6, 6.07) is 12.4. The molecule has 3 rings (SSSR count). The molecule has 1 fully saturated rings. The van der Waals surface area contributed by atoms with Crippen LogP contribution in [-0.4, -0.2) is 37.6 Å². The Bertz CT molecular complexity index is 988. The van der Waals surface area contributed by atoms with Gasteiger partial charge in [0.2, 0.25) is 10.0 Å². The lowest BCUT2D eigenvalue weighted by Gasteiger charge is -2.21. The Balaban J connectivity index is 1.75. The molecule has 154 valence electrons. The third-order valence-electron chi connectivity index (χ3n) is 4.70. The number of hydrazine groups is 1. The molecule has 0 bridgehead atoms. The highest BCUT2D eigenvalue weighted by molar-refractivity contribution is 7.89. The first-order chi connectivity index (χ1) is 13.9. The van der Waals surface area contributed by atoms with Crippen LogP contribution >= 0.6 is 11.6 Å². The summed E-state index contributed by atoms with van der Waals surface area (Å²) in [5.74, 6) is -1.12. The van der Waals surface area contributed by atoms with Gasteiger partial charge in [0.15, 0.2) is 0 Å². The number of carbonyl (C=O) groups is 2. The van der Waals surface area contributed by atoms with Gasteiger partial charge in [-0.2, -0.15) is 4.31 Å². The van der Waals surface area contributed by atoms with E-state index in [1.165, 1.54) is 22.5 Å². The average Bonchev–Trinajstić information content (AvgIpc) is 3.03. The van der Waals surface area contributed by atoms with Crippen LogP contribution in [0.4, 0.5) is 0 Å². The minimum atomic E-state index is -3.81. The molecule has 1 aliphatic heterocycles. The summed E-state index contributed by atoms with van der Waals surface area (Å²) < 4.78 is 27.5. The van der Waals surface area contributed by atoms with Crippen LogP contribution in [-0.2, 0) is 10.0 Å². The number of hydrogen-bond acceptors (Lipinski definition) is 4. The summed E-state index contributed by atoms with van der Waals surface area (Å²) in [7, 11) is -3.81. The number of carbonyl (C=O) groups excluding carboxylic acids is 2. The van der Waals surface area contributed by atoms with Gasteiger partial charge in [0.25, 0.3) is 11.8 Å². The summed E-state index contributed by atoms with van der Waals surface area (Å²) in [6.45, 7) is 0.866. The molecule has 1 saturated heterocycles. The molecule has 1 aliphatic rings. The van der Waals surface area contributed by atoms with Crippen molar-refractivity contribution < 1.29 is 18.0 Å². The molecule has 0 spiro atoms. The maximum absolute atomic E-state index is 13.0. The Morgan fingerprint density at radius 2 is 1.41 bits per heavy atom. The molecule has 9 heteroatoms. The molecule has 2 aromatic carbocycles. The smallest absolute Gasteiger partial charge is 0.267 e. The van der Waals surface area contributed by atoms with Crippen molar-refractivity contribution in [2.75, 3.05) is 13.1 Å². The SMILES string of the molecule is O=C(NNC(=O)c1ccc(Cl)c(S(=O)(=O)N2CCCCCC2)c1)c1ccccc1. The normalized spacial score (nSPS) is 15.3. The van der Waals surface area contributed by atoms with Crippen molar-refractivity contribution in [3.8, 4) is 0 Å². The number of nitrogens with one attached hydrogen (secondary N) is 2. The minimum absolute atomic E-state index is 0.0547. The largest absolute Gasteiger partial charge is 0.269 e. The average molecular weight is 436 g/mol. The molecule has 0 saturated carbocycles. The van der Waals surface area contributed by atoms with Crippen molar-refractivity contribution in [1.82, 2.24) is 15.2 Å². The highest BCUT2D eigenvalue weighted by Crippen LogP contribution is 2.27. The van der Waals surface area contributed by atoms with Crippen LogP contribution in [0.5, 0.6) is 0 Å². The maximum Gasteiger partial charge on any atom is 0.269 e. The summed E-state index contributed by atoms with van der Waals surface area (Å²) in [4.78, 5) is 24.4. The number of rotatable bonds is 4. The van der Waals surface area contributed by atoms with Gasteiger partial charge in [0.05, 0.1) is 5.02 Å². The predicted octanol–water partition coefficient (Wildman–Crippen LogP) is 2.98. The van der Waals surface area contributed by atoms with E-state index in [1.54, 1.807) is 30.3 Å². The zero-order valence-electron chi connectivity index (χ0n) is 15.7. The first-order valence-electron chi connectivity index (χ1n) is 9.35. The van der Waals surface area contributed by atoms with Crippen molar-refractivity contribution >= 4 is 33.4 Å². The maximum atomic E-state index is 13.0. The molecule has 0 radical (unpaired) electrons. The first-order valence-corrected chi connectivity index (χ1v) is 11.2. The molecule has 2 amide bonds. The van der Waals surface area contributed by atoms with E-state index < -0.39 is 21.8 Å².